The van der Waals surface area contributed by atoms with Gasteiger partial charge < -0.3 is 15.3 Å². The molecule has 0 amide bonds. The highest BCUT2D eigenvalue weighted by Gasteiger charge is 2.13. The van der Waals surface area contributed by atoms with E-state index in [0.29, 0.717) is 0 Å². The Bertz CT molecular complexity index is 751. The molecule has 10 heteroatoms. The Morgan fingerprint density at radius 3 is 2.16 bits per heavy atom. The van der Waals surface area contributed by atoms with E-state index in [1.165, 1.54) is 36.0 Å². The van der Waals surface area contributed by atoms with Crippen LogP contribution in [-0.2, 0) is 6.54 Å². The number of carboxylic acids is 2. The molecule has 134 valence electrons. The van der Waals surface area contributed by atoms with Gasteiger partial charge in [-0.1, -0.05) is 6.07 Å². The van der Waals surface area contributed by atoms with Crippen LogP contribution in [-0.4, -0.2) is 48.1 Å². The monoisotopic (exact) mass is 351 g/mol. The first-order valence-corrected chi connectivity index (χ1v) is 7.04. The van der Waals surface area contributed by atoms with Crippen LogP contribution in [0.25, 0.3) is 0 Å². The highest BCUT2D eigenvalue weighted by atomic mass is 16.6. The number of carboxylic acid groups (broad SMARTS) is 2. The number of carbonyl (C=O) groups is 2. The SMILES string of the molecule is CC(O)Cn1cc([N+](=O)[O-])cn1.Cc1c(C(=O)O)cccc1C(=O)O. The fourth-order valence-electron chi connectivity index (χ4n) is 1.92. The van der Waals surface area contributed by atoms with E-state index in [1.54, 1.807) is 6.92 Å². The first-order chi connectivity index (χ1) is 11.6. The van der Waals surface area contributed by atoms with Crippen molar-refractivity contribution in [2.45, 2.75) is 26.5 Å². The van der Waals surface area contributed by atoms with Gasteiger partial charge in [-0.05, 0) is 31.5 Å². The number of hydrogen-bond acceptors (Lipinski definition) is 6. The minimum Gasteiger partial charge on any atom is -0.478 e. The Balaban J connectivity index is 0.000000251. The topological polar surface area (TPSA) is 156 Å². The summed E-state index contributed by atoms with van der Waals surface area (Å²) >= 11 is 0. The molecule has 0 aliphatic carbocycles. The van der Waals surface area contributed by atoms with Gasteiger partial charge in [0.1, 0.15) is 12.4 Å². The Morgan fingerprint density at radius 2 is 1.80 bits per heavy atom. The van der Waals surface area contributed by atoms with E-state index in [-0.39, 0.29) is 28.9 Å². The summed E-state index contributed by atoms with van der Waals surface area (Å²) < 4.78 is 1.34. The van der Waals surface area contributed by atoms with Gasteiger partial charge in [0, 0.05) is 0 Å². The van der Waals surface area contributed by atoms with Crippen molar-refractivity contribution in [2.24, 2.45) is 0 Å². The molecule has 0 aliphatic heterocycles. The molecule has 1 unspecified atom stereocenters. The van der Waals surface area contributed by atoms with Gasteiger partial charge in [0.2, 0.25) is 0 Å². The molecule has 0 radical (unpaired) electrons. The minimum atomic E-state index is -1.11. The first-order valence-electron chi connectivity index (χ1n) is 7.04. The Labute approximate surface area is 142 Å². The average molecular weight is 351 g/mol. The van der Waals surface area contributed by atoms with E-state index in [0.717, 1.165) is 6.20 Å². The van der Waals surface area contributed by atoms with Crippen LogP contribution in [0, 0.1) is 17.0 Å². The molecule has 1 aromatic carbocycles. The third-order valence-corrected chi connectivity index (χ3v) is 3.08. The smallest absolute Gasteiger partial charge is 0.335 e. The van der Waals surface area contributed by atoms with Crippen LogP contribution in [0.15, 0.2) is 30.6 Å². The van der Waals surface area contributed by atoms with Crippen molar-refractivity contribution in [1.29, 1.82) is 0 Å². The van der Waals surface area contributed by atoms with E-state index >= 15 is 0 Å². The fraction of sp³-hybridized carbons (Fsp3) is 0.267. The Hall–Kier alpha value is -3.27. The Kier molecular flexibility index (Phi) is 6.76. The molecular formula is C15H17N3O7. The van der Waals surface area contributed by atoms with Gasteiger partial charge in [0.05, 0.1) is 28.7 Å². The highest BCUT2D eigenvalue weighted by molar-refractivity contribution is 5.96. The first kappa shape index (κ1) is 19.8. The number of aliphatic hydroxyl groups is 1. The summed E-state index contributed by atoms with van der Waals surface area (Å²) in [6, 6.07) is 4.17. The number of benzene rings is 1. The summed E-state index contributed by atoms with van der Waals surface area (Å²) in [4.78, 5) is 30.9. The van der Waals surface area contributed by atoms with Crippen LogP contribution in [0.4, 0.5) is 5.69 Å². The normalized spacial score (nSPS) is 11.2. The van der Waals surface area contributed by atoms with Crippen molar-refractivity contribution in [3.63, 3.8) is 0 Å². The predicted molar refractivity (Wildman–Crippen MR) is 85.7 cm³/mol. The zero-order valence-corrected chi connectivity index (χ0v) is 13.5. The van der Waals surface area contributed by atoms with Gasteiger partial charge in [-0.2, -0.15) is 5.10 Å². The van der Waals surface area contributed by atoms with Gasteiger partial charge in [-0.3, -0.25) is 14.8 Å². The lowest BCUT2D eigenvalue weighted by atomic mass is 10.0. The van der Waals surface area contributed by atoms with Crippen LogP contribution in [0.1, 0.15) is 33.2 Å². The molecule has 1 aromatic heterocycles. The molecule has 2 rings (SSSR count). The third kappa shape index (κ3) is 5.70. The summed E-state index contributed by atoms with van der Waals surface area (Å²) in [7, 11) is 0. The molecule has 0 aliphatic rings. The van der Waals surface area contributed by atoms with Crippen molar-refractivity contribution >= 4 is 17.6 Å². The number of nitrogens with zero attached hydrogens (tertiary/aromatic N) is 3. The summed E-state index contributed by atoms with van der Waals surface area (Å²) in [6.45, 7) is 3.34. The van der Waals surface area contributed by atoms with Crippen LogP contribution in [0.2, 0.25) is 0 Å². The van der Waals surface area contributed by atoms with Crippen LogP contribution in [0.3, 0.4) is 0 Å². The number of aliphatic hydroxyl groups excluding tert-OH is 1. The standard InChI is InChI=1S/C9H8O4.C6H9N3O3/c1-5-6(8(10)11)3-2-4-7(5)9(12)13;1-5(10)3-8-4-6(2-7-8)9(11)12/h2-4H,1H3,(H,10,11)(H,12,13);2,4-5,10H,3H2,1H3. The highest BCUT2D eigenvalue weighted by Crippen LogP contribution is 2.13. The third-order valence-electron chi connectivity index (χ3n) is 3.08. The van der Waals surface area contributed by atoms with E-state index in [2.05, 4.69) is 5.10 Å². The molecule has 25 heavy (non-hydrogen) atoms. The Morgan fingerprint density at radius 1 is 1.28 bits per heavy atom. The number of rotatable bonds is 5. The van der Waals surface area contributed by atoms with Crippen molar-refractivity contribution in [2.75, 3.05) is 0 Å². The largest absolute Gasteiger partial charge is 0.478 e. The maximum Gasteiger partial charge on any atom is 0.335 e. The van der Waals surface area contributed by atoms with Crippen LogP contribution >= 0.6 is 0 Å². The summed E-state index contributed by atoms with van der Waals surface area (Å²) in [5.41, 5.74) is 0.276. The summed E-state index contributed by atoms with van der Waals surface area (Å²) in [5.74, 6) is -2.22. The van der Waals surface area contributed by atoms with E-state index in [1.807, 2.05) is 0 Å². The predicted octanol–water partition coefficient (Wildman–Crippen LogP) is 1.56. The van der Waals surface area contributed by atoms with Crippen LogP contribution in [0.5, 0.6) is 0 Å². The number of aromatic carboxylic acids is 2. The molecule has 0 spiro atoms. The molecule has 0 saturated heterocycles. The maximum absolute atomic E-state index is 10.6. The second-order valence-electron chi connectivity index (χ2n) is 5.12. The zero-order valence-electron chi connectivity index (χ0n) is 13.5. The molecule has 0 saturated carbocycles. The molecule has 1 heterocycles. The summed E-state index contributed by atoms with van der Waals surface area (Å²) in [5, 5.41) is 40.2. The second kappa shape index (κ2) is 8.55. The van der Waals surface area contributed by atoms with Gasteiger partial charge >= 0.3 is 17.6 Å². The maximum atomic E-state index is 10.6. The van der Waals surface area contributed by atoms with E-state index in [4.69, 9.17) is 15.3 Å². The number of nitro groups is 1. The van der Waals surface area contributed by atoms with Gasteiger partial charge in [-0.15, -0.1) is 0 Å². The molecule has 0 bridgehead atoms. The lowest BCUT2D eigenvalue weighted by molar-refractivity contribution is -0.385. The summed E-state index contributed by atoms with van der Waals surface area (Å²) in [6.07, 6.45) is 1.89. The van der Waals surface area contributed by atoms with Crippen LogP contribution < -0.4 is 0 Å². The minimum absolute atomic E-state index is 0.0277. The zero-order chi connectivity index (χ0) is 19.1. The molecule has 10 nitrogen and oxygen atoms in total. The molecular weight excluding hydrogens is 334 g/mol. The van der Waals surface area contributed by atoms with E-state index < -0.39 is 23.0 Å². The second-order valence-corrected chi connectivity index (χ2v) is 5.12. The lowest BCUT2D eigenvalue weighted by Crippen LogP contribution is -2.11. The quantitative estimate of drug-likeness (QED) is 0.541. The van der Waals surface area contributed by atoms with Crippen molar-refractivity contribution < 1.29 is 29.8 Å². The number of aromatic nitrogens is 2. The van der Waals surface area contributed by atoms with Gasteiger partial charge in [0.25, 0.3) is 0 Å². The van der Waals surface area contributed by atoms with Gasteiger partial charge in [0.15, 0.2) is 0 Å². The van der Waals surface area contributed by atoms with E-state index in [9.17, 15) is 19.7 Å². The lowest BCUT2D eigenvalue weighted by Gasteiger charge is -2.03. The molecule has 1 atom stereocenters. The fourth-order valence-corrected chi connectivity index (χ4v) is 1.92. The molecule has 3 N–H and O–H groups in total. The number of hydrogen-bond donors (Lipinski definition) is 3. The molecule has 2 aromatic rings. The van der Waals surface area contributed by atoms with Crippen molar-refractivity contribution in [3.8, 4) is 0 Å². The van der Waals surface area contributed by atoms with Crippen molar-refractivity contribution in [1.82, 2.24) is 9.78 Å². The van der Waals surface area contributed by atoms with Gasteiger partial charge in [-0.25, -0.2) is 9.59 Å². The van der Waals surface area contributed by atoms with Crippen molar-refractivity contribution in [3.05, 3.63) is 57.4 Å². The molecule has 0 fully saturated rings. The average Bonchev–Trinajstić information content (AvgIpc) is 2.95.